The van der Waals surface area contributed by atoms with Gasteiger partial charge in [0.25, 0.3) is 0 Å². The number of nitriles is 1. The van der Waals surface area contributed by atoms with Gasteiger partial charge >= 0.3 is 0 Å². The Balaban J connectivity index is 2.26. The van der Waals surface area contributed by atoms with Crippen LogP contribution in [0.1, 0.15) is 18.4 Å². The van der Waals surface area contributed by atoms with Gasteiger partial charge in [0.1, 0.15) is 11.8 Å². The van der Waals surface area contributed by atoms with Crippen LogP contribution in [0.25, 0.3) is 0 Å². The molecule has 0 radical (unpaired) electrons. The molecule has 3 nitrogen and oxygen atoms in total. The Kier molecular flexibility index (Phi) is 2.51. The summed E-state index contributed by atoms with van der Waals surface area (Å²) in [5.41, 5.74) is 1.64. The topological polar surface area (TPSA) is 36.3 Å². The van der Waals surface area contributed by atoms with Crippen molar-refractivity contribution >= 4 is 5.69 Å². The molecule has 0 amide bonds. The van der Waals surface area contributed by atoms with Crippen LogP contribution in [-0.2, 0) is 0 Å². The number of hydrogen-bond acceptors (Lipinski definition) is 3. The maximum atomic E-state index is 9.01. The molecular weight excluding hydrogens is 188 g/mol. The van der Waals surface area contributed by atoms with E-state index in [9.17, 15) is 0 Å². The summed E-state index contributed by atoms with van der Waals surface area (Å²) in [4.78, 5) is 1.97. The van der Waals surface area contributed by atoms with Crippen molar-refractivity contribution in [1.29, 1.82) is 5.26 Å². The van der Waals surface area contributed by atoms with Crippen LogP contribution in [0.15, 0.2) is 18.2 Å². The molecule has 1 aromatic carbocycles. The lowest BCUT2D eigenvalue weighted by atomic mass is 10.2. The molecule has 0 N–H and O–H groups in total. The average Bonchev–Trinajstić information content (AvgIpc) is 3.02. The molecular formula is C12H14N2O. The smallest absolute Gasteiger partial charge is 0.137 e. The highest BCUT2D eigenvalue weighted by Crippen LogP contribution is 2.30. The lowest BCUT2D eigenvalue weighted by Gasteiger charge is -2.14. The van der Waals surface area contributed by atoms with Crippen LogP contribution in [0.3, 0.4) is 0 Å². The summed E-state index contributed by atoms with van der Waals surface area (Å²) in [6, 6.07) is 7.88. The first-order valence-corrected chi connectivity index (χ1v) is 5.09. The zero-order valence-electron chi connectivity index (χ0n) is 9.03. The van der Waals surface area contributed by atoms with E-state index in [0.29, 0.717) is 17.4 Å². The van der Waals surface area contributed by atoms with Gasteiger partial charge in [0.2, 0.25) is 0 Å². The molecule has 78 valence electrons. The number of benzene rings is 1. The summed E-state index contributed by atoms with van der Waals surface area (Å²) in [6.45, 7) is 0. The molecule has 1 aliphatic rings. The minimum atomic E-state index is 0.335. The van der Waals surface area contributed by atoms with Gasteiger partial charge in [-0.2, -0.15) is 5.26 Å². The first-order valence-electron chi connectivity index (χ1n) is 5.09. The van der Waals surface area contributed by atoms with Gasteiger partial charge in [0.15, 0.2) is 0 Å². The van der Waals surface area contributed by atoms with E-state index in [0.717, 1.165) is 18.5 Å². The molecule has 0 spiro atoms. The third-order valence-corrected chi connectivity index (χ3v) is 2.42. The highest BCUT2D eigenvalue weighted by molar-refractivity contribution is 5.56. The molecule has 0 aliphatic heterocycles. The standard InChI is InChI=1S/C12H14N2O/c1-14(2)10-3-6-12(9(7-10)8-13)15-11-4-5-11/h3,6-7,11H,4-5H2,1-2H3. The third-order valence-electron chi connectivity index (χ3n) is 2.42. The fourth-order valence-electron chi connectivity index (χ4n) is 1.35. The predicted molar refractivity (Wildman–Crippen MR) is 59.1 cm³/mol. The third kappa shape index (κ3) is 2.21. The lowest BCUT2D eigenvalue weighted by molar-refractivity contribution is 0.302. The molecule has 3 heteroatoms. The van der Waals surface area contributed by atoms with Crippen LogP contribution in [-0.4, -0.2) is 20.2 Å². The van der Waals surface area contributed by atoms with E-state index in [1.165, 1.54) is 0 Å². The van der Waals surface area contributed by atoms with Crippen molar-refractivity contribution in [3.8, 4) is 11.8 Å². The van der Waals surface area contributed by atoms with Gasteiger partial charge in [-0.1, -0.05) is 0 Å². The van der Waals surface area contributed by atoms with E-state index >= 15 is 0 Å². The second kappa shape index (κ2) is 3.82. The minimum Gasteiger partial charge on any atom is -0.489 e. The molecule has 1 fully saturated rings. The normalized spacial score (nSPS) is 14.5. The highest BCUT2D eigenvalue weighted by Gasteiger charge is 2.24. The van der Waals surface area contributed by atoms with Gasteiger partial charge in [-0.3, -0.25) is 0 Å². The van der Waals surface area contributed by atoms with Crippen molar-refractivity contribution in [2.24, 2.45) is 0 Å². The monoisotopic (exact) mass is 202 g/mol. The Hall–Kier alpha value is -1.69. The van der Waals surface area contributed by atoms with Crippen molar-refractivity contribution in [3.63, 3.8) is 0 Å². The fourth-order valence-corrected chi connectivity index (χ4v) is 1.35. The van der Waals surface area contributed by atoms with Gasteiger partial charge in [-0.15, -0.1) is 0 Å². The summed E-state index contributed by atoms with van der Waals surface area (Å²) in [5, 5.41) is 9.01. The molecule has 0 saturated heterocycles. The Labute approximate surface area is 89.9 Å². The van der Waals surface area contributed by atoms with Gasteiger partial charge in [0, 0.05) is 19.8 Å². The van der Waals surface area contributed by atoms with Crippen LogP contribution in [0, 0.1) is 11.3 Å². The maximum absolute atomic E-state index is 9.01. The molecule has 0 heterocycles. The van der Waals surface area contributed by atoms with Crippen LogP contribution >= 0.6 is 0 Å². The van der Waals surface area contributed by atoms with E-state index in [-0.39, 0.29) is 0 Å². The summed E-state index contributed by atoms with van der Waals surface area (Å²) in [6.07, 6.45) is 2.56. The molecule has 1 aliphatic carbocycles. The largest absolute Gasteiger partial charge is 0.489 e. The van der Waals surface area contributed by atoms with Crippen LogP contribution in [0.4, 0.5) is 5.69 Å². The summed E-state index contributed by atoms with van der Waals surface area (Å²) in [7, 11) is 3.91. The Morgan fingerprint density at radius 2 is 2.13 bits per heavy atom. The van der Waals surface area contributed by atoms with Crippen LogP contribution < -0.4 is 9.64 Å². The molecule has 1 saturated carbocycles. The summed E-state index contributed by atoms with van der Waals surface area (Å²) in [5.74, 6) is 0.714. The first-order chi connectivity index (χ1) is 7.20. The molecule has 15 heavy (non-hydrogen) atoms. The van der Waals surface area contributed by atoms with Gasteiger partial charge in [-0.05, 0) is 31.0 Å². The summed E-state index contributed by atoms with van der Waals surface area (Å²) >= 11 is 0. The lowest BCUT2D eigenvalue weighted by Crippen LogP contribution is -2.09. The second-order valence-corrected chi connectivity index (χ2v) is 4.00. The van der Waals surface area contributed by atoms with E-state index in [1.807, 2.05) is 37.2 Å². The van der Waals surface area contributed by atoms with Gasteiger partial charge in [0.05, 0.1) is 11.7 Å². The van der Waals surface area contributed by atoms with Gasteiger partial charge < -0.3 is 9.64 Å². The number of rotatable bonds is 3. The molecule has 0 aromatic heterocycles. The SMILES string of the molecule is CN(C)c1ccc(OC2CC2)c(C#N)c1. The quantitative estimate of drug-likeness (QED) is 0.753. The number of anilines is 1. The summed E-state index contributed by atoms with van der Waals surface area (Å²) < 4.78 is 5.64. The maximum Gasteiger partial charge on any atom is 0.137 e. The van der Waals surface area contributed by atoms with Crippen molar-refractivity contribution in [3.05, 3.63) is 23.8 Å². The minimum absolute atomic E-state index is 0.335. The predicted octanol–water partition coefficient (Wildman–Crippen LogP) is 2.17. The van der Waals surface area contributed by atoms with Crippen molar-refractivity contribution < 1.29 is 4.74 Å². The molecule has 0 bridgehead atoms. The Morgan fingerprint density at radius 3 is 2.67 bits per heavy atom. The van der Waals surface area contributed by atoms with Crippen molar-refractivity contribution in [2.75, 3.05) is 19.0 Å². The van der Waals surface area contributed by atoms with E-state index in [1.54, 1.807) is 0 Å². The molecule has 0 unspecified atom stereocenters. The average molecular weight is 202 g/mol. The van der Waals surface area contributed by atoms with Crippen molar-refractivity contribution in [1.82, 2.24) is 0 Å². The first kappa shape index (κ1) is 9.85. The fraction of sp³-hybridized carbons (Fsp3) is 0.417. The van der Waals surface area contributed by atoms with E-state index in [4.69, 9.17) is 10.00 Å². The molecule has 2 rings (SSSR count). The number of hydrogen-bond donors (Lipinski definition) is 0. The van der Waals surface area contributed by atoms with E-state index in [2.05, 4.69) is 6.07 Å². The van der Waals surface area contributed by atoms with Gasteiger partial charge in [-0.25, -0.2) is 0 Å². The molecule has 0 atom stereocenters. The zero-order valence-corrected chi connectivity index (χ0v) is 9.03. The second-order valence-electron chi connectivity index (χ2n) is 4.00. The van der Waals surface area contributed by atoms with E-state index < -0.39 is 0 Å². The number of ether oxygens (including phenoxy) is 1. The number of nitrogens with zero attached hydrogens (tertiary/aromatic N) is 2. The Morgan fingerprint density at radius 1 is 1.40 bits per heavy atom. The van der Waals surface area contributed by atoms with Crippen LogP contribution in [0.2, 0.25) is 0 Å². The molecule has 1 aromatic rings. The van der Waals surface area contributed by atoms with Crippen molar-refractivity contribution in [2.45, 2.75) is 18.9 Å². The zero-order chi connectivity index (χ0) is 10.8. The Bertz CT molecular complexity index is 403. The van der Waals surface area contributed by atoms with Crippen LogP contribution in [0.5, 0.6) is 5.75 Å². The highest BCUT2D eigenvalue weighted by atomic mass is 16.5.